The predicted molar refractivity (Wildman–Crippen MR) is 119 cm³/mol. The molecule has 0 spiro atoms. The van der Waals surface area contributed by atoms with Crippen LogP contribution in [-0.4, -0.2) is 62.7 Å². The van der Waals surface area contributed by atoms with Crippen molar-refractivity contribution in [2.45, 2.75) is 68.3 Å². The van der Waals surface area contributed by atoms with E-state index in [1.165, 1.54) is 23.5 Å². The van der Waals surface area contributed by atoms with Crippen LogP contribution in [0.3, 0.4) is 0 Å². The molecule has 9 nitrogen and oxygen atoms in total. The number of carbonyl (C=O) groups excluding carboxylic acids is 3. The Morgan fingerprint density at radius 2 is 1.88 bits per heavy atom. The number of amides is 1. The minimum atomic E-state index is -3.84. The Balaban J connectivity index is 2.01. The van der Waals surface area contributed by atoms with E-state index in [9.17, 15) is 22.8 Å². The molecule has 1 saturated heterocycles. The first kappa shape index (κ1) is 26.0. The quantitative estimate of drug-likeness (QED) is 0.330. The van der Waals surface area contributed by atoms with E-state index in [0.29, 0.717) is 25.8 Å². The van der Waals surface area contributed by atoms with E-state index in [2.05, 4.69) is 5.32 Å². The van der Waals surface area contributed by atoms with Gasteiger partial charge in [-0.1, -0.05) is 24.6 Å². The normalized spacial score (nSPS) is 17.6. The number of unbranched alkanes of at least 4 members (excludes halogenated alkanes) is 2. The Kier molecular flexibility index (Phi) is 10.3. The molecule has 2 rings (SSSR count). The fourth-order valence-corrected chi connectivity index (χ4v) is 5.43. The summed E-state index contributed by atoms with van der Waals surface area (Å²) in [5, 5.41) is 2.61. The van der Waals surface area contributed by atoms with Gasteiger partial charge in [-0.15, -0.1) is 0 Å². The van der Waals surface area contributed by atoms with Gasteiger partial charge in [0, 0.05) is 19.4 Å². The van der Waals surface area contributed by atoms with Gasteiger partial charge in [0.05, 0.1) is 12.0 Å². The third-order valence-corrected chi connectivity index (χ3v) is 7.45. The van der Waals surface area contributed by atoms with Crippen molar-refractivity contribution in [1.82, 2.24) is 9.62 Å². The molecule has 1 aliphatic rings. The summed E-state index contributed by atoms with van der Waals surface area (Å²) < 4.78 is 31.9. The molecule has 0 aromatic heterocycles. The summed E-state index contributed by atoms with van der Waals surface area (Å²) in [7, 11) is -2.64. The lowest BCUT2D eigenvalue weighted by molar-refractivity contribution is -0.145. The van der Waals surface area contributed by atoms with Crippen molar-refractivity contribution >= 4 is 27.7 Å². The van der Waals surface area contributed by atoms with Crippen LogP contribution < -0.4 is 11.1 Å². The number of methoxy groups -OCH3 is 1. The number of carbonyl (C=O) groups is 3. The highest BCUT2D eigenvalue weighted by Crippen LogP contribution is 2.26. The molecule has 1 amide bonds. The third-order valence-electron chi connectivity index (χ3n) is 5.53. The lowest BCUT2D eigenvalue weighted by Crippen LogP contribution is -2.51. The highest BCUT2D eigenvalue weighted by Gasteiger charge is 2.40. The molecule has 3 N–H and O–H groups in total. The monoisotopic (exact) mass is 467 g/mol. The average molecular weight is 468 g/mol. The number of hydrogen-bond donors (Lipinski definition) is 2. The maximum Gasteiger partial charge on any atom is 0.328 e. The maximum atomic E-state index is 13.0. The van der Waals surface area contributed by atoms with Crippen LogP contribution in [0.5, 0.6) is 0 Å². The topological polar surface area (TPSA) is 136 Å². The van der Waals surface area contributed by atoms with Crippen LogP contribution >= 0.6 is 0 Å². The van der Waals surface area contributed by atoms with Crippen LogP contribution in [0.15, 0.2) is 35.2 Å². The zero-order valence-corrected chi connectivity index (χ0v) is 19.3. The molecule has 1 fully saturated rings. The number of ketones is 1. The lowest BCUT2D eigenvalue weighted by atomic mass is 10.0. The van der Waals surface area contributed by atoms with Crippen molar-refractivity contribution < 1.29 is 27.5 Å². The largest absolute Gasteiger partial charge is 0.467 e. The van der Waals surface area contributed by atoms with Gasteiger partial charge >= 0.3 is 5.97 Å². The SMILES string of the molecule is COC(=O)[C@H](CCC(=O)CCCCCN)NC(=O)[C@@H]1CCCN1S(=O)(=O)c1ccccc1. The van der Waals surface area contributed by atoms with Gasteiger partial charge in [-0.2, -0.15) is 4.31 Å². The van der Waals surface area contributed by atoms with Crippen LogP contribution in [-0.2, 0) is 29.1 Å². The fraction of sp³-hybridized carbons (Fsp3) is 0.591. The van der Waals surface area contributed by atoms with E-state index >= 15 is 0 Å². The first-order chi connectivity index (χ1) is 15.3. The van der Waals surface area contributed by atoms with Gasteiger partial charge in [-0.3, -0.25) is 9.59 Å². The fourth-order valence-electron chi connectivity index (χ4n) is 3.75. The number of esters is 1. The minimum Gasteiger partial charge on any atom is -0.467 e. The van der Waals surface area contributed by atoms with Gasteiger partial charge in [0.2, 0.25) is 15.9 Å². The van der Waals surface area contributed by atoms with E-state index < -0.39 is 34.0 Å². The highest BCUT2D eigenvalue weighted by atomic mass is 32.2. The summed E-state index contributed by atoms with van der Waals surface area (Å²) in [6.07, 6.45) is 3.98. The summed E-state index contributed by atoms with van der Waals surface area (Å²) in [5.74, 6) is -1.23. The van der Waals surface area contributed by atoms with Crippen LogP contribution in [0.4, 0.5) is 0 Å². The molecule has 0 radical (unpaired) electrons. The Hall–Kier alpha value is -2.30. The van der Waals surface area contributed by atoms with Crippen molar-refractivity contribution in [1.29, 1.82) is 0 Å². The average Bonchev–Trinajstić information content (AvgIpc) is 3.30. The zero-order valence-electron chi connectivity index (χ0n) is 18.5. The first-order valence-electron chi connectivity index (χ1n) is 11.0. The van der Waals surface area contributed by atoms with Crippen molar-refractivity contribution in [3.63, 3.8) is 0 Å². The summed E-state index contributed by atoms with van der Waals surface area (Å²) in [5.41, 5.74) is 5.44. The first-order valence-corrected chi connectivity index (χ1v) is 12.4. The summed E-state index contributed by atoms with van der Waals surface area (Å²) >= 11 is 0. The number of rotatable bonds is 13. The molecule has 1 aromatic rings. The lowest BCUT2D eigenvalue weighted by Gasteiger charge is -2.25. The van der Waals surface area contributed by atoms with Gasteiger partial charge in [0.15, 0.2) is 0 Å². The Bertz CT molecular complexity index is 875. The van der Waals surface area contributed by atoms with Crippen molar-refractivity contribution in [2.75, 3.05) is 20.2 Å². The number of benzene rings is 1. The molecule has 1 aliphatic heterocycles. The smallest absolute Gasteiger partial charge is 0.328 e. The van der Waals surface area contributed by atoms with Gasteiger partial charge in [-0.05, 0) is 50.8 Å². The Morgan fingerprint density at radius 3 is 2.53 bits per heavy atom. The third kappa shape index (κ3) is 7.11. The van der Waals surface area contributed by atoms with E-state index in [4.69, 9.17) is 10.5 Å². The molecule has 0 aliphatic carbocycles. The van der Waals surface area contributed by atoms with Crippen LogP contribution in [0.2, 0.25) is 0 Å². The molecule has 0 unspecified atom stereocenters. The van der Waals surface area contributed by atoms with Gasteiger partial charge in [0.25, 0.3) is 0 Å². The molecule has 1 heterocycles. The van der Waals surface area contributed by atoms with Gasteiger partial charge in [-0.25, -0.2) is 13.2 Å². The van der Waals surface area contributed by atoms with Crippen LogP contribution in [0, 0.1) is 0 Å². The zero-order chi connectivity index (χ0) is 23.6. The number of sulfonamides is 1. The number of Topliss-reactive ketones (excluding diaryl/α,β-unsaturated/α-hetero) is 1. The maximum absolute atomic E-state index is 13.0. The molecular weight excluding hydrogens is 434 g/mol. The Labute approximate surface area is 189 Å². The number of ether oxygens (including phenoxy) is 1. The van der Waals surface area contributed by atoms with E-state index in [1.54, 1.807) is 18.2 Å². The van der Waals surface area contributed by atoms with Crippen molar-refractivity contribution in [3.8, 4) is 0 Å². The summed E-state index contributed by atoms with van der Waals surface area (Å²) in [4.78, 5) is 37.3. The van der Waals surface area contributed by atoms with E-state index in [0.717, 1.165) is 19.3 Å². The van der Waals surface area contributed by atoms with E-state index in [1.807, 2.05) is 0 Å². The molecule has 10 heteroatoms. The Morgan fingerprint density at radius 1 is 1.16 bits per heavy atom. The van der Waals surface area contributed by atoms with E-state index in [-0.39, 0.29) is 30.1 Å². The van der Waals surface area contributed by atoms with Crippen LogP contribution in [0.1, 0.15) is 51.4 Å². The van der Waals surface area contributed by atoms with Crippen LogP contribution in [0.25, 0.3) is 0 Å². The molecule has 32 heavy (non-hydrogen) atoms. The number of nitrogens with two attached hydrogens (primary N) is 1. The second-order valence-corrected chi connectivity index (χ2v) is 9.74. The standard InChI is InChI=1S/C22H33N3O6S/c1-31-22(28)19(14-13-17(26)9-4-3-7-15-23)24-21(27)20-12-8-16-25(20)32(29,30)18-10-5-2-6-11-18/h2,5-6,10-11,19-20H,3-4,7-9,12-16,23H2,1H3,(H,24,27)/t19-,20-/m0/s1. The van der Waals surface area contributed by atoms with Crippen molar-refractivity contribution in [2.24, 2.45) is 5.73 Å². The summed E-state index contributed by atoms with van der Waals surface area (Å²) in [6.45, 7) is 0.808. The second-order valence-electron chi connectivity index (χ2n) is 7.85. The highest BCUT2D eigenvalue weighted by molar-refractivity contribution is 7.89. The number of nitrogens with zero attached hydrogens (tertiary/aromatic N) is 1. The molecular formula is C22H33N3O6S. The number of hydrogen-bond acceptors (Lipinski definition) is 7. The van der Waals surface area contributed by atoms with Crippen molar-refractivity contribution in [3.05, 3.63) is 30.3 Å². The van der Waals surface area contributed by atoms with Gasteiger partial charge in [0.1, 0.15) is 17.9 Å². The molecule has 2 atom stereocenters. The minimum absolute atomic E-state index is 0.000628. The van der Waals surface area contributed by atoms with Gasteiger partial charge < -0.3 is 15.8 Å². The number of nitrogens with one attached hydrogen (secondary N) is 1. The molecule has 1 aromatic carbocycles. The summed E-state index contributed by atoms with van der Waals surface area (Å²) in [6, 6.07) is 6.00. The molecule has 178 valence electrons. The molecule has 0 saturated carbocycles. The molecule has 0 bridgehead atoms. The predicted octanol–water partition coefficient (Wildman–Crippen LogP) is 1.37. The second kappa shape index (κ2) is 12.7.